The molecule has 0 radical (unpaired) electrons. The highest BCUT2D eigenvalue weighted by atomic mass is 35.5. The van der Waals surface area contributed by atoms with Crippen LogP contribution in [-0.4, -0.2) is 22.2 Å². The van der Waals surface area contributed by atoms with Gasteiger partial charge in [-0.15, -0.1) is 11.3 Å². The molecule has 6 heteroatoms. The number of aromatic nitrogens is 2. The van der Waals surface area contributed by atoms with Gasteiger partial charge in [-0.25, -0.2) is 0 Å². The largest absolute Gasteiger partial charge is 0.350 e. The molecular formula is C18H18ClN3OS. The number of nitrogens with one attached hydrogen (secondary N) is 1. The Bertz CT molecular complexity index is 825. The molecule has 0 aliphatic rings. The zero-order chi connectivity index (χ0) is 17.1. The van der Waals surface area contributed by atoms with E-state index < -0.39 is 0 Å². The lowest BCUT2D eigenvalue weighted by Gasteiger charge is -2.19. The van der Waals surface area contributed by atoms with Gasteiger partial charge in [0.2, 0.25) is 0 Å². The van der Waals surface area contributed by atoms with Crippen molar-refractivity contribution in [1.82, 2.24) is 15.1 Å². The van der Waals surface area contributed by atoms with Crippen LogP contribution in [0.3, 0.4) is 0 Å². The molecule has 124 valence electrons. The number of amides is 1. The molecule has 1 N–H and O–H groups in total. The van der Waals surface area contributed by atoms with Gasteiger partial charge in [0.05, 0.1) is 5.69 Å². The quantitative estimate of drug-likeness (QED) is 0.740. The van der Waals surface area contributed by atoms with E-state index >= 15 is 0 Å². The fourth-order valence-corrected chi connectivity index (χ4v) is 3.58. The lowest BCUT2D eigenvalue weighted by atomic mass is 10.2. The van der Waals surface area contributed by atoms with Gasteiger partial charge in [-0.05, 0) is 55.6 Å². The molecule has 1 aromatic carbocycles. The molecule has 0 saturated carbocycles. The highest BCUT2D eigenvalue weighted by Crippen LogP contribution is 2.24. The molecule has 0 bridgehead atoms. The molecule has 2 heterocycles. The first-order valence-electron chi connectivity index (χ1n) is 7.64. The summed E-state index contributed by atoms with van der Waals surface area (Å²) in [4.78, 5) is 13.5. The Labute approximate surface area is 150 Å². The molecule has 24 heavy (non-hydrogen) atoms. The van der Waals surface area contributed by atoms with Crippen LogP contribution in [-0.2, 0) is 0 Å². The van der Waals surface area contributed by atoms with E-state index in [0.717, 1.165) is 16.3 Å². The number of carbonyl (C=O) groups is 1. The summed E-state index contributed by atoms with van der Waals surface area (Å²) >= 11 is 7.53. The van der Waals surface area contributed by atoms with Crippen LogP contribution in [0.5, 0.6) is 0 Å². The fourth-order valence-electron chi connectivity index (χ4n) is 2.64. The third-order valence-corrected chi connectivity index (χ3v) is 5.00. The SMILES string of the molecule is Cc1cc(C)n(C(CNC(=O)c2ccc(Cl)cc2)c2cccs2)n1. The first kappa shape index (κ1) is 16.7. The lowest BCUT2D eigenvalue weighted by Crippen LogP contribution is -2.31. The number of aryl methyl sites for hydroxylation is 2. The smallest absolute Gasteiger partial charge is 0.251 e. The second kappa shape index (κ2) is 7.20. The third kappa shape index (κ3) is 3.68. The van der Waals surface area contributed by atoms with Crippen LogP contribution < -0.4 is 5.32 Å². The number of carbonyl (C=O) groups excluding carboxylic acids is 1. The normalized spacial score (nSPS) is 12.1. The fraction of sp³-hybridized carbons (Fsp3) is 0.222. The number of thiophene rings is 1. The summed E-state index contributed by atoms with van der Waals surface area (Å²) in [6.45, 7) is 4.48. The molecular weight excluding hydrogens is 342 g/mol. The predicted molar refractivity (Wildman–Crippen MR) is 97.9 cm³/mol. The van der Waals surface area contributed by atoms with Gasteiger partial charge in [0, 0.05) is 27.7 Å². The van der Waals surface area contributed by atoms with E-state index in [0.29, 0.717) is 17.1 Å². The van der Waals surface area contributed by atoms with Gasteiger partial charge in [-0.2, -0.15) is 5.10 Å². The molecule has 0 fully saturated rings. The average molecular weight is 360 g/mol. The molecule has 0 aliphatic heterocycles. The molecule has 1 unspecified atom stereocenters. The molecule has 0 aliphatic carbocycles. The van der Waals surface area contributed by atoms with Crippen molar-refractivity contribution in [3.63, 3.8) is 0 Å². The Hall–Kier alpha value is -2.11. The maximum absolute atomic E-state index is 12.4. The van der Waals surface area contributed by atoms with Crippen molar-refractivity contribution in [3.8, 4) is 0 Å². The second-order valence-corrected chi connectivity index (χ2v) is 7.04. The number of halogens is 1. The molecule has 3 aromatic rings. The van der Waals surface area contributed by atoms with E-state index in [-0.39, 0.29) is 11.9 Å². The minimum Gasteiger partial charge on any atom is -0.350 e. The standard InChI is InChI=1S/C18H18ClN3OS/c1-12-10-13(2)22(21-12)16(17-4-3-9-24-17)11-20-18(23)14-5-7-15(19)8-6-14/h3-10,16H,11H2,1-2H3,(H,20,23). The van der Waals surface area contributed by atoms with Crippen molar-refractivity contribution in [1.29, 1.82) is 0 Å². The minimum absolute atomic E-state index is 0.0186. The molecule has 2 aromatic heterocycles. The molecule has 1 atom stereocenters. The van der Waals surface area contributed by atoms with E-state index in [4.69, 9.17) is 11.6 Å². The highest BCUT2D eigenvalue weighted by molar-refractivity contribution is 7.10. The zero-order valence-corrected chi connectivity index (χ0v) is 15.1. The van der Waals surface area contributed by atoms with Gasteiger partial charge in [0.15, 0.2) is 0 Å². The number of nitrogens with zero attached hydrogens (tertiary/aromatic N) is 2. The summed E-state index contributed by atoms with van der Waals surface area (Å²) < 4.78 is 1.98. The monoisotopic (exact) mass is 359 g/mol. The summed E-state index contributed by atoms with van der Waals surface area (Å²) in [6, 6.07) is 13.0. The average Bonchev–Trinajstić information content (AvgIpc) is 3.19. The number of benzene rings is 1. The number of hydrogen-bond acceptors (Lipinski definition) is 3. The summed E-state index contributed by atoms with van der Waals surface area (Å²) in [5.41, 5.74) is 2.64. The van der Waals surface area contributed by atoms with E-state index in [1.54, 1.807) is 35.6 Å². The van der Waals surface area contributed by atoms with Gasteiger partial charge in [0.1, 0.15) is 6.04 Å². The number of hydrogen-bond donors (Lipinski definition) is 1. The van der Waals surface area contributed by atoms with Gasteiger partial charge in [-0.3, -0.25) is 9.48 Å². The minimum atomic E-state index is -0.116. The van der Waals surface area contributed by atoms with Crippen molar-refractivity contribution in [2.45, 2.75) is 19.9 Å². The van der Waals surface area contributed by atoms with Crippen LogP contribution in [0.1, 0.15) is 32.7 Å². The van der Waals surface area contributed by atoms with Crippen LogP contribution in [0.4, 0.5) is 0 Å². The van der Waals surface area contributed by atoms with E-state index in [1.807, 2.05) is 36.0 Å². The van der Waals surface area contributed by atoms with Gasteiger partial charge < -0.3 is 5.32 Å². The van der Waals surface area contributed by atoms with Crippen LogP contribution in [0, 0.1) is 13.8 Å². The molecule has 0 spiro atoms. The second-order valence-electron chi connectivity index (χ2n) is 5.62. The van der Waals surface area contributed by atoms with E-state index in [2.05, 4.69) is 16.5 Å². The summed E-state index contributed by atoms with van der Waals surface area (Å²) in [7, 11) is 0. The predicted octanol–water partition coefficient (Wildman–Crippen LogP) is 4.23. The molecule has 4 nitrogen and oxygen atoms in total. The molecule has 1 amide bonds. The first-order valence-corrected chi connectivity index (χ1v) is 8.90. The highest BCUT2D eigenvalue weighted by Gasteiger charge is 2.19. The van der Waals surface area contributed by atoms with Gasteiger partial charge in [0.25, 0.3) is 5.91 Å². The third-order valence-electron chi connectivity index (χ3n) is 3.77. The Morgan fingerprint density at radius 2 is 2.04 bits per heavy atom. The van der Waals surface area contributed by atoms with Crippen molar-refractivity contribution in [2.24, 2.45) is 0 Å². The Kier molecular flexibility index (Phi) is 5.02. The van der Waals surface area contributed by atoms with Crippen molar-refractivity contribution in [3.05, 3.63) is 74.7 Å². The van der Waals surface area contributed by atoms with Crippen molar-refractivity contribution >= 4 is 28.8 Å². The summed E-state index contributed by atoms with van der Waals surface area (Å²) in [5, 5.41) is 10.2. The topological polar surface area (TPSA) is 46.9 Å². The van der Waals surface area contributed by atoms with Crippen LogP contribution in [0.25, 0.3) is 0 Å². The van der Waals surface area contributed by atoms with Crippen molar-refractivity contribution in [2.75, 3.05) is 6.54 Å². The van der Waals surface area contributed by atoms with E-state index in [9.17, 15) is 4.79 Å². The maximum atomic E-state index is 12.4. The van der Waals surface area contributed by atoms with Gasteiger partial charge in [-0.1, -0.05) is 17.7 Å². The van der Waals surface area contributed by atoms with Crippen LogP contribution >= 0.6 is 22.9 Å². The molecule has 0 saturated heterocycles. The Balaban J connectivity index is 1.79. The maximum Gasteiger partial charge on any atom is 0.251 e. The number of rotatable bonds is 5. The lowest BCUT2D eigenvalue weighted by molar-refractivity contribution is 0.0949. The van der Waals surface area contributed by atoms with Crippen molar-refractivity contribution < 1.29 is 4.79 Å². The van der Waals surface area contributed by atoms with Crippen LogP contribution in [0.2, 0.25) is 5.02 Å². The summed E-state index contributed by atoms with van der Waals surface area (Å²) in [6.07, 6.45) is 0. The van der Waals surface area contributed by atoms with Gasteiger partial charge >= 0.3 is 0 Å². The first-order chi connectivity index (χ1) is 11.5. The van der Waals surface area contributed by atoms with E-state index in [1.165, 1.54) is 0 Å². The molecule has 3 rings (SSSR count). The Morgan fingerprint density at radius 3 is 2.62 bits per heavy atom. The van der Waals surface area contributed by atoms with Crippen LogP contribution in [0.15, 0.2) is 47.8 Å². The Morgan fingerprint density at radius 1 is 1.29 bits per heavy atom. The summed E-state index contributed by atoms with van der Waals surface area (Å²) in [5.74, 6) is -0.116. The zero-order valence-electron chi connectivity index (χ0n) is 13.5.